The first-order valence-electron chi connectivity index (χ1n) is 9.13. The lowest BCUT2D eigenvalue weighted by atomic mass is 9.86. The summed E-state index contributed by atoms with van der Waals surface area (Å²) in [6.07, 6.45) is 0.293. The van der Waals surface area contributed by atoms with Crippen molar-refractivity contribution < 1.29 is 9.53 Å². The molecule has 1 saturated heterocycles. The number of aryl methyl sites for hydroxylation is 1. The highest BCUT2D eigenvalue weighted by Crippen LogP contribution is 2.43. The molecular formula is C22H21N3O2S. The molecule has 142 valence electrons. The van der Waals surface area contributed by atoms with E-state index in [2.05, 4.69) is 36.1 Å². The lowest BCUT2D eigenvalue weighted by Crippen LogP contribution is -2.47. The number of allylic oxidation sites excluding steroid dienone is 1. The highest BCUT2D eigenvalue weighted by atomic mass is 32.2. The molecule has 6 heteroatoms. The molecule has 0 spiro atoms. The third kappa shape index (κ3) is 3.34. The van der Waals surface area contributed by atoms with Crippen molar-refractivity contribution in [1.82, 2.24) is 4.90 Å². The third-order valence-corrected chi connectivity index (χ3v) is 6.31. The molecule has 2 heterocycles. The Kier molecular flexibility index (Phi) is 5.01. The summed E-state index contributed by atoms with van der Waals surface area (Å²) in [5.41, 5.74) is 3.89. The molecular weight excluding hydrogens is 370 g/mol. The van der Waals surface area contributed by atoms with E-state index in [0.29, 0.717) is 24.5 Å². The molecule has 1 amide bonds. The van der Waals surface area contributed by atoms with Crippen LogP contribution < -0.4 is 9.64 Å². The lowest BCUT2D eigenvalue weighted by molar-refractivity contribution is -0.129. The molecule has 1 unspecified atom stereocenters. The molecule has 0 aromatic heterocycles. The van der Waals surface area contributed by atoms with Gasteiger partial charge in [0.15, 0.2) is 0 Å². The molecule has 0 saturated carbocycles. The fraction of sp³-hybridized carbons (Fsp3) is 0.273. The van der Waals surface area contributed by atoms with E-state index in [1.165, 1.54) is 5.56 Å². The van der Waals surface area contributed by atoms with Gasteiger partial charge in [-0.2, -0.15) is 5.26 Å². The molecule has 28 heavy (non-hydrogen) atoms. The first-order valence-corrected chi connectivity index (χ1v) is 10.1. The van der Waals surface area contributed by atoms with Crippen molar-refractivity contribution in [2.45, 2.75) is 19.3 Å². The maximum atomic E-state index is 13.0. The van der Waals surface area contributed by atoms with Crippen molar-refractivity contribution in [3.63, 3.8) is 0 Å². The van der Waals surface area contributed by atoms with E-state index in [4.69, 9.17) is 4.74 Å². The van der Waals surface area contributed by atoms with Crippen LogP contribution in [0, 0.1) is 18.3 Å². The third-order valence-electron chi connectivity index (χ3n) is 5.16. The molecule has 2 aromatic rings. The molecule has 2 aliphatic heterocycles. The normalized spacial score (nSPS) is 19.3. The van der Waals surface area contributed by atoms with Gasteiger partial charge in [-0.05, 0) is 42.3 Å². The van der Waals surface area contributed by atoms with Gasteiger partial charge in [0.1, 0.15) is 5.75 Å². The van der Waals surface area contributed by atoms with E-state index < -0.39 is 0 Å². The quantitative estimate of drug-likeness (QED) is 0.784. The Balaban J connectivity index is 1.67. The van der Waals surface area contributed by atoms with Crippen LogP contribution in [0.2, 0.25) is 0 Å². The van der Waals surface area contributed by atoms with Crippen molar-refractivity contribution in [3.05, 3.63) is 70.3 Å². The first kappa shape index (κ1) is 18.5. The summed E-state index contributed by atoms with van der Waals surface area (Å²) in [6, 6.07) is 18.3. The number of nitriles is 1. The van der Waals surface area contributed by atoms with Crippen molar-refractivity contribution in [2.24, 2.45) is 0 Å². The van der Waals surface area contributed by atoms with E-state index in [1.807, 2.05) is 30.3 Å². The van der Waals surface area contributed by atoms with E-state index in [0.717, 1.165) is 22.0 Å². The predicted octanol–water partition coefficient (Wildman–Crippen LogP) is 4.22. The molecule has 4 rings (SSSR count). The maximum absolute atomic E-state index is 13.0. The molecule has 1 atom stereocenters. The van der Waals surface area contributed by atoms with Crippen molar-refractivity contribution in [1.29, 1.82) is 5.26 Å². The number of methoxy groups -OCH3 is 1. The lowest BCUT2D eigenvalue weighted by Gasteiger charge is -2.42. The van der Waals surface area contributed by atoms with Crippen molar-refractivity contribution in [3.8, 4) is 11.8 Å². The van der Waals surface area contributed by atoms with Gasteiger partial charge in [0, 0.05) is 18.0 Å². The Labute approximate surface area is 169 Å². The second-order valence-corrected chi connectivity index (χ2v) is 7.91. The smallest absolute Gasteiger partial charge is 0.229 e. The summed E-state index contributed by atoms with van der Waals surface area (Å²) < 4.78 is 5.31. The average Bonchev–Trinajstić information content (AvgIpc) is 2.73. The minimum absolute atomic E-state index is 0.0478. The number of anilines is 1. The minimum Gasteiger partial charge on any atom is -0.497 e. The summed E-state index contributed by atoms with van der Waals surface area (Å²) >= 11 is 1.56. The highest BCUT2D eigenvalue weighted by molar-refractivity contribution is 8.03. The number of benzene rings is 2. The van der Waals surface area contributed by atoms with Gasteiger partial charge in [-0.1, -0.05) is 36.0 Å². The second kappa shape index (κ2) is 7.61. The van der Waals surface area contributed by atoms with Gasteiger partial charge in [0.2, 0.25) is 5.91 Å². The predicted molar refractivity (Wildman–Crippen MR) is 111 cm³/mol. The fourth-order valence-corrected chi connectivity index (χ4v) is 4.86. The van der Waals surface area contributed by atoms with Crippen LogP contribution in [0.3, 0.4) is 0 Å². The Hall–Kier alpha value is -2.91. The largest absolute Gasteiger partial charge is 0.497 e. The fourth-order valence-electron chi connectivity index (χ4n) is 3.69. The van der Waals surface area contributed by atoms with Gasteiger partial charge in [-0.25, -0.2) is 0 Å². The Morgan fingerprint density at radius 2 is 2.04 bits per heavy atom. The van der Waals surface area contributed by atoms with E-state index >= 15 is 0 Å². The molecule has 0 aliphatic carbocycles. The summed E-state index contributed by atoms with van der Waals surface area (Å²) in [4.78, 5) is 16.9. The number of carbonyl (C=O) groups excluding carboxylic acids is 1. The molecule has 2 aromatic carbocycles. The number of ether oxygens (including phenoxy) is 1. The zero-order valence-corrected chi connectivity index (χ0v) is 16.7. The van der Waals surface area contributed by atoms with E-state index in [9.17, 15) is 10.1 Å². The SMILES string of the molecule is COc1cccc(C2CC(=O)N3CN(c4cccc(C)c4)CSC3=C2C#N)c1. The Morgan fingerprint density at radius 3 is 2.79 bits per heavy atom. The molecule has 0 N–H and O–H groups in total. The standard InChI is InChI=1S/C22H21N3O2S/c1-15-5-3-7-17(9-15)24-13-25-21(26)11-19(20(12-23)22(25)28-14-24)16-6-4-8-18(10-16)27-2/h3-10,19H,11,13-14H2,1-2H3. The van der Waals surface area contributed by atoms with Crippen LogP contribution >= 0.6 is 11.8 Å². The number of hydrogen-bond acceptors (Lipinski definition) is 5. The van der Waals surface area contributed by atoms with E-state index in [-0.39, 0.29) is 11.8 Å². The molecule has 1 fully saturated rings. The minimum atomic E-state index is -0.225. The summed E-state index contributed by atoms with van der Waals surface area (Å²) in [5, 5.41) is 10.7. The number of nitrogens with zero attached hydrogens (tertiary/aromatic N) is 3. The molecule has 0 radical (unpaired) electrons. The van der Waals surface area contributed by atoms with Crippen LogP contribution in [-0.2, 0) is 4.79 Å². The molecule has 0 bridgehead atoms. The Morgan fingerprint density at radius 1 is 1.21 bits per heavy atom. The van der Waals surface area contributed by atoms with Crippen LogP contribution in [-0.4, -0.2) is 30.5 Å². The molecule has 2 aliphatic rings. The first-order chi connectivity index (χ1) is 13.6. The number of fused-ring (bicyclic) bond motifs is 1. The average molecular weight is 391 g/mol. The van der Waals surface area contributed by atoms with Crippen molar-refractivity contribution in [2.75, 3.05) is 24.6 Å². The summed E-state index contributed by atoms with van der Waals surface area (Å²) in [6.45, 7) is 2.53. The second-order valence-electron chi connectivity index (χ2n) is 6.98. The van der Waals surface area contributed by atoms with Gasteiger partial charge in [-0.15, -0.1) is 0 Å². The monoisotopic (exact) mass is 391 g/mol. The number of hydrogen-bond donors (Lipinski definition) is 0. The number of amides is 1. The highest BCUT2D eigenvalue weighted by Gasteiger charge is 2.38. The topological polar surface area (TPSA) is 56.6 Å². The van der Waals surface area contributed by atoms with E-state index in [1.54, 1.807) is 23.8 Å². The van der Waals surface area contributed by atoms with Crippen LogP contribution in [0.1, 0.15) is 23.5 Å². The molecule has 5 nitrogen and oxygen atoms in total. The Bertz CT molecular complexity index is 995. The van der Waals surface area contributed by atoms with Crippen LogP contribution in [0.4, 0.5) is 5.69 Å². The van der Waals surface area contributed by atoms with Crippen LogP contribution in [0.5, 0.6) is 5.75 Å². The van der Waals surface area contributed by atoms with Crippen LogP contribution in [0.25, 0.3) is 0 Å². The number of thioether (sulfide) groups is 1. The van der Waals surface area contributed by atoms with Gasteiger partial charge in [-0.3, -0.25) is 9.69 Å². The zero-order valence-electron chi connectivity index (χ0n) is 15.9. The maximum Gasteiger partial charge on any atom is 0.229 e. The summed E-state index contributed by atoms with van der Waals surface area (Å²) in [7, 11) is 1.62. The van der Waals surface area contributed by atoms with Crippen molar-refractivity contribution >= 4 is 23.4 Å². The van der Waals surface area contributed by atoms with Gasteiger partial charge in [0.05, 0.1) is 36.3 Å². The number of carbonyl (C=O) groups is 1. The van der Waals surface area contributed by atoms with Gasteiger partial charge >= 0.3 is 0 Å². The zero-order chi connectivity index (χ0) is 19.7. The van der Waals surface area contributed by atoms with Gasteiger partial charge in [0.25, 0.3) is 0 Å². The van der Waals surface area contributed by atoms with Crippen LogP contribution in [0.15, 0.2) is 59.1 Å². The number of rotatable bonds is 3. The summed E-state index contributed by atoms with van der Waals surface area (Å²) in [5.74, 6) is 1.26. The van der Waals surface area contributed by atoms with Gasteiger partial charge < -0.3 is 9.64 Å².